The van der Waals surface area contributed by atoms with Crippen LogP contribution < -0.4 is 4.74 Å². The van der Waals surface area contributed by atoms with Crippen molar-refractivity contribution in [2.45, 2.75) is 32.7 Å². The molecule has 6 heteroatoms. The summed E-state index contributed by atoms with van der Waals surface area (Å²) in [7, 11) is 1.66. The molecule has 1 aliphatic rings. The molecular weight excluding hydrogens is 294 g/mol. The summed E-state index contributed by atoms with van der Waals surface area (Å²) in [5.74, 6) is 0.628. The van der Waals surface area contributed by atoms with Crippen molar-refractivity contribution in [1.29, 1.82) is 0 Å². The van der Waals surface area contributed by atoms with Gasteiger partial charge in [-0.1, -0.05) is 17.3 Å². The van der Waals surface area contributed by atoms with Crippen LogP contribution in [-0.4, -0.2) is 34.7 Å². The Bertz CT molecular complexity index is 679. The molecule has 0 spiro atoms. The molecule has 23 heavy (non-hydrogen) atoms. The highest BCUT2D eigenvalue weighted by Gasteiger charge is 2.29. The van der Waals surface area contributed by atoms with Crippen molar-refractivity contribution in [2.24, 2.45) is 5.92 Å². The summed E-state index contributed by atoms with van der Waals surface area (Å²) in [5.41, 5.74) is 3.19. The Kier molecular flexibility index (Phi) is 4.60. The van der Waals surface area contributed by atoms with Gasteiger partial charge in [-0.15, -0.1) is 5.10 Å². The maximum Gasteiger partial charge on any atom is 0.309 e. The Morgan fingerprint density at radius 1 is 1.35 bits per heavy atom. The van der Waals surface area contributed by atoms with Gasteiger partial charge in [-0.3, -0.25) is 4.79 Å². The third-order valence-corrected chi connectivity index (χ3v) is 4.20. The molecule has 3 rings (SSSR count). The van der Waals surface area contributed by atoms with E-state index in [1.165, 1.54) is 0 Å². The number of hydrogen-bond acceptors (Lipinski definition) is 5. The summed E-state index contributed by atoms with van der Waals surface area (Å²) >= 11 is 0. The lowest BCUT2D eigenvalue weighted by Gasteiger charge is -2.20. The standard InChI is InChI=1S/C17H21N3O3/c1-3-23-17(21)13-6-9-16-15(10-13)18-19-20(16)11-12-4-7-14(22-2)8-5-12/h4-5,7-8,13H,3,6,9-11H2,1-2H3. The molecule has 1 atom stereocenters. The molecule has 1 unspecified atom stereocenters. The molecule has 0 saturated carbocycles. The minimum Gasteiger partial charge on any atom is -0.497 e. The van der Waals surface area contributed by atoms with E-state index < -0.39 is 0 Å². The van der Waals surface area contributed by atoms with Crippen molar-refractivity contribution in [3.05, 3.63) is 41.2 Å². The summed E-state index contributed by atoms with van der Waals surface area (Å²) in [6, 6.07) is 7.93. The van der Waals surface area contributed by atoms with Crippen LogP contribution in [0, 0.1) is 5.92 Å². The van der Waals surface area contributed by atoms with Gasteiger partial charge in [-0.2, -0.15) is 0 Å². The Hall–Kier alpha value is -2.37. The van der Waals surface area contributed by atoms with Crippen LogP contribution in [0.2, 0.25) is 0 Å². The first-order valence-electron chi connectivity index (χ1n) is 7.92. The van der Waals surface area contributed by atoms with Gasteiger partial charge < -0.3 is 9.47 Å². The number of hydrogen-bond donors (Lipinski definition) is 0. The third-order valence-electron chi connectivity index (χ3n) is 4.20. The van der Waals surface area contributed by atoms with Crippen molar-refractivity contribution in [3.8, 4) is 5.75 Å². The first-order valence-corrected chi connectivity index (χ1v) is 7.92. The van der Waals surface area contributed by atoms with E-state index in [2.05, 4.69) is 10.3 Å². The Morgan fingerprint density at radius 3 is 2.83 bits per heavy atom. The Labute approximate surface area is 135 Å². The number of nitrogens with zero attached hydrogens (tertiary/aromatic N) is 3. The predicted octanol–water partition coefficient (Wildman–Crippen LogP) is 2.00. The van der Waals surface area contributed by atoms with Crippen molar-refractivity contribution in [1.82, 2.24) is 15.0 Å². The first kappa shape index (κ1) is 15.5. The number of benzene rings is 1. The molecule has 0 radical (unpaired) electrons. The van der Waals surface area contributed by atoms with Crippen LogP contribution in [0.15, 0.2) is 24.3 Å². The Balaban J connectivity index is 1.71. The SMILES string of the molecule is CCOC(=O)C1CCc2c(nnn2Cc2ccc(OC)cc2)C1. The summed E-state index contributed by atoms with van der Waals surface area (Å²) in [5, 5.41) is 8.52. The molecule has 122 valence electrons. The van der Waals surface area contributed by atoms with E-state index >= 15 is 0 Å². The van der Waals surface area contributed by atoms with Gasteiger partial charge in [0.1, 0.15) is 5.75 Å². The largest absolute Gasteiger partial charge is 0.497 e. The van der Waals surface area contributed by atoms with Gasteiger partial charge in [-0.05, 0) is 37.5 Å². The van der Waals surface area contributed by atoms with Crippen LogP contribution in [0.1, 0.15) is 30.3 Å². The molecule has 1 aliphatic carbocycles. The summed E-state index contributed by atoms with van der Waals surface area (Å²) in [4.78, 5) is 11.9. The maximum absolute atomic E-state index is 11.9. The second kappa shape index (κ2) is 6.81. The molecule has 0 saturated heterocycles. The van der Waals surface area contributed by atoms with E-state index in [4.69, 9.17) is 9.47 Å². The minimum absolute atomic E-state index is 0.0893. The number of esters is 1. The molecule has 1 aromatic heterocycles. The summed E-state index contributed by atoms with van der Waals surface area (Å²) < 4.78 is 12.2. The summed E-state index contributed by atoms with van der Waals surface area (Å²) in [6.45, 7) is 2.93. The first-order chi connectivity index (χ1) is 11.2. The van der Waals surface area contributed by atoms with E-state index in [0.717, 1.165) is 35.5 Å². The van der Waals surface area contributed by atoms with E-state index in [1.807, 2.05) is 35.9 Å². The molecule has 0 aliphatic heterocycles. The smallest absolute Gasteiger partial charge is 0.309 e. The second-order valence-electron chi connectivity index (χ2n) is 5.68. The number of rotatable bonds is 5. The monoisotopic (exact) mass is 315 g/mol. The number of ether oxygens (including phenoxy) is 2. The minimum atomic E-state index is -0.122. The molecule has 0 fully saturated rings. The zero-order valence-electron chi connectivity index (χ0n) is 13.5. The van der Waals surface area contributed by atoms with Crippen LogP contribution in [0.4, 0.5) is 0 Å². The average molecular weight is 315 g/mol. The Morgan fingerprint density at radius 2 is 2.13 bits per heavy atom. The number of carbonyl (C=O) groups is 1. The van der Waals surface area contributed by atoms with Crippen LogP contribution in [0.5, 0.6) is 5.75 Å². The maximum atomic E-state index is 11.9. The average Bonchev–Trinajstić information content (AvgIpc) is 2.98. The lowest BCUT2D eigenvalue weighted by molar-refractivity contribution is -0.148. The topological polar surface area (TPSA) is 66.2 Å². The summed E-state index contributed by atoms with van der Waals surface area (Å²) in [6.07, 6.45) is 2.22. The third kappa shape index (κ3) is 3.36. The van der Waals surface area contributed by atoms with Gasteiger partial charge in [0, 0.05) is 6.42 Å². The van der Waals surface area contributed by atoms with Crippen LogP contribution in [0.3, 0.4) is 0 Å². The number of aromatic nitrogens is 3. The zero-order chi connectivity index (χ0) is 16.2. The fourth-order valence-corrected chi connectivity index (χ4v) is 2.94. The van der Waals surface area contributed by atoms with E-state index in [1.54, 1.807) is 7.11 Å². The van der Waals surface area contributed by atoms with Gasteiger partial charge in [0.15, 0.2) is 0 Å². The zero-order valence-corrected chi connectivity index (χ0v) is 13.5. The van der Waals surface area contributed by atoms with E-state index in [0.29, 0.717) is 19.6 Å². The molecule has 1 heterocycles. The van der Waals surface area contributed by atoms with Crippen LogP contribution >= 0.6 is 0 Å². The number of carbonyl (C=O) groups excluding carboxylic acids is 1. The van der Waals surface area contributed by atoms with Crippen molar-refractivity contribution >= 4 is 5.97 Å². The lowest BCUT2D eigenvalue weighted by atomic mass is 9.89. The van der Waals surface area contributed by atoms with Crippen molar-refractivity contribution in [3.63, 3.8) is 0 Å². The van der Waals surface area contributed by atoms with E-state index in [-0.39, 0.29) is 11.9 Å². The molecule has 0 bridgehead atoms. The number of methoxy groups -OCH3 is 1. The van der Waals surface area contributed by atoms with Crippen molar-refractivity contribution < 1.29 is 14.3 Å². The second-order valence-corrected chi connectivity index (χ2v) is 5.68. The van der Waals surface area contributed by atoms with Gasteiger partial charge in [0.25, 0.3) is 0 Å². The van der Waals surface area contributed by atoms with Crippen molar-refractivity contribution in [2.75, 3.05) is 13.7 Å². The van der Waals surface area contributed by atoms with Gasteiger partial charge in [-0.25, -0.2) is 4.68 Å². The normalized spacial score (nSPS) is 16.7. The molecule has 6 nitrogen and oxygen atoms in total. The molecule has 0 N–H and O–H groups in total. The molecule has 1 aromatic carbocycles. The van der Waals surface area contributed by atoms with Crippen LogP contribution in [0.25, 0.3) is 0 Å². The van der Waals surface area contributed by atoms with Crippen LogP contribution in [-0.2, 0) is 28.9 Å². The van der Waals surface area contributed by atoms with Gasteiger partial charge >= 0.3 is 5.97 Å². The fourth-order valence-electron chi connectivity index (χ4n) is 2.94. The fraction of sp³-hybridized carbons (Fsp3) is 0.471. The lowest BCUT2D eigenvalue weighted by Crippen LogP contribution is -2.25. The quantitative estimate of drug-likeness (QED) is 0.790. The van der Waals surface area contributed by atoms with E-state index in [9.17, 15) is 4.79 Å². The highest BCUT2D eigenvalue weighted by Crippen LogP contribution is 2.25. The van der Waals surface area contributed by atoms with Gasteiger partial charge in [0.2, 0.25) is 0 Å². The van der Waals surface area contributed by atoms with Gasteiger partial charge in [0.05, 0.1) is 37.6 Å². The number of fused-ring (bicyclic) bond motifs is 1. The highest BCUT2D eigenvalue weighted by atomic mass is 16.5. The highest BCUT2D eigenvalue weighted by molar-refractivity contribution is 5.73. The predicted molar refractivity (Wildman–Crippen MR) is 84.3 cm³/mol. The molecule has 0 amide bonds. The molecule has 2 aromatic rings. The molecular formula is C17H21N3O3.